The Bertz CT molecular complexity index is 350. The topological polar surface area (TPSA) is 46.3 Å². The predicted molar refractivity (Wildman–Crippen MR) is 65.9 cm³/mol. The van der Waals surface area contributed by atoms with Crippen molar-refractivity contribution in [2.24, 2.45) is 5.73 Å². The summed E-state index contributed by atoms with van der Waals surface area (Å²) in [5.41, 5.74) is 7.77. The molecule has 88 valence electrons. The molecule has 1 rings (SSSR count). The average Bonchev–Trinajstić information content (AvgIpc) is 2.25. The van der Waals surface area contributed by atoms with Crippen LogP contribution in [0.3, 0.4) is 0 Å². The summed E-state index contributed by atoms with van der Waals surface area (Å²) in [6.45, 7) is 3.30. The van der Waals surface area contributed by atoms with Gasteiger partial charge in [0.1, 0.15) is 0 Å². The number of rotatable bonds is 5. The Morgan fingerprint density at radius 1 is 1.44 bits per heavy atom. The van der Waals surface area contributed by atoms with Crippen LogP contribution in [0.4, 0.5) is 0 Å². The molecule has 1 aromatic carbocycles. The van der Waals surface area contributed by atoms with E-state index in [1.165, 1.54) is 11.1 Å². The van der Waals surface area contributed by atoms with Crippen molar-refractivity contribution in [3.8, 4) is 0 Å². The van der Waals surface area contributed by atoms with E-state index in [-0.39, 0.29) is 5.91 Å². The van der Waals surface area contributed by atoms with E-state index in [1.807, 2.05) is 19.2 Å². The van der Waals surface area contributed by atoms with E-state index >= 15 is 0 Å². The van der Waals surface area contributed by atoms with Crippen molar-refractivity contribution in [3.63, 3.8) is 0 Å². The molecule has 0 unspecified atom stereocenters. The third-order valence-electron chi connectivity index (χ3n) is 2.52. The van der Waals surface area contributed by atoms with Crippen LogP contribution in [0.2, 0.25) is 0 Å². The lowest BCUT2D eigenvalue weighted by Gasteiger charge is -2.17. The molecule has 3 heteroatoms. The van der Waals surface area contributed by atoms with Crippen LogP contribution in [-0.2, 0) is 11.3 Å². The molecule has 0 aliphatic heterocycles. The predicted octanol–water partition coefficient (Wildman–Crippen LogP) is 1.69. The van der Waals surface area contributed by atoms with E-state index in [1.54, 1.807) is 4.90 Å². The van der Waals surface area contributed by atoms with E-state index in [9.17, 15) is 4.79 Å². The van der Waals surface area contributed by atoms with Gasteiger partial charge in [0.2, 0.25) is 5.91 Å². The van der Waals surface area contributed by atoms with Crippen molar-refractivity contribution in [1.29, 1.82) is 0 Å². The quantitative estimate of drug-likeness (QED) is 0.821. The van der Waals surface area contributed by atoms with Gasteiger partial charge in [-0.25, -0.2) is 0 Å². The summed E-state index contributed by atoms with van der Waals surface area (Å²) in [4.78, 5) is 13.4. The van der Waals surface area contributed by atoms with Gasteiger partial charge in [-0.15, -0.1) is 0 Å². The second-order valence-corrected chi connectivity index (χ2v) is 4.13. The van der Waals surface area contributed by atoms with Crippen LogP contribution < -0.4 is 5.73 Å². The molecule has 3 nitrogen and oxygen atoms in total. The van der Waals surface area contributed by atoms with Gasteiger partial charge in [-0.3, -0.25) is 4.79 Å². The Morgan fingerprint density at radius 3 is 2.81 bits per heavy atom. The highest BCUT2D eigenvalue weighted by Crippen LogP contribution is 2.07. The van der Waals surface area contributed by atoms with Crippen molar-refractivity contribution < 1.29 is 4.79 Å². The Hall–Kier alpha value is -1.35. The lowest BCUT2D eigenvalue weighted by atomic mass is 10.1. The monoisotopic (exact) mass is 220 g/mol. The molecule has 0 bridgehead atoms. The maximum absolute atomic E-state index is 11.7. The van der Waals surface area contributed by atoms with Crippen LogP contribution in [0.1, 0.15) is 24.0 Å². The van der Waals surface area contributed by atoms with Crippen molar-refractivity contribution in [1.82, 2.24) is 4.90 Å². The fraction of sp³-hybridized carbons (Fsp3) is 0.462. The van der Waals surface area contributed by atoms with E-state index in [2.05, 4.69) is 19.1 Å². The van der Waals surface area contributed by atoms with Gasteiger partial charge >= 0.3 is 0 Å². The number of amides is 1. The normalized spacial score (nSPS) is 10.2. The summed E-state index contributed by atoms with van der Waals surface area (Å²) < 4.78 is 0. The number of nitrogens with two attached hydrogens (primary N) is 1. The molecule has 0 heterocycles. The zero-order valence-corrected chi connectivity index (χ0v) is 10.1. The lowest BCUT2D eigenvalue weighted by molar-refractivity contribution is -0.130. The van der Waals surface area contributed by atoms with Crippen molar-refractivity contribution in [2.45, 2.75) is 26.3 Å². The molecule has 1 aromatic rings. The van der Waals surface area contributed by atoms with Gasteiger partial charge in [0, 0.05) is 20.0 Å². The summed E-state index contributed by atoms with van der Waals surface area (Å²) in [5, 5.41) is 0. The van der Waals surface area contributed by atoms with E-state index in [4.69, 9.17) is 5.73 Å². The van der Waals surface area contributed by atoms with Crippen LogP contribution in [0.5, 0.6) is 0 Å². The smallest absolute Gasteiger partial charge is 0.222 e. The molecule has 0 aliphatic rings. The number of benzene rings is 1. The van der Waals surface area contributed by atoms with Gasteiger partial charge < -0.3 is 10.6 Å². The van der Waals surface area contributed by atoms with E-state index < -0.39 is 0 Å². The van der Waals surface area contributed by atoms with Gasteiger partial charge in [0.05, 0.1) is 0 Å². The molecule has 0 aromatic heterocycles. The van der Waals surface area contributed by atoms with Crippen molar-refractivity contribution >= 4 is 5.91 Å². The number of carbonyl (C=O) groups excluding carboxylic acids is 1. The Labute approximate surface area is 97.2 Å². The third kappa shape index (κ3) is 4.03. The summed E-state index contributed by atoms with van der Waals surface area (Å²) in [7, 11) is 1.83. The van der Waals surface area contributed by atoms with Crippen LogP contribution in [-0.4, -0.2) is 24.4 Å². The van der Waals surface area contributed by atoms with Crippen LogP contribution >= 0.6 is 0 Å². The van der Waals surface area contributed by atoms with E-state index in [0.29, 0.717) is 19.5 Å². The molecule has 1 amide bonds. The largest absolute Gasteiger partial charge is 0.341 e. The first kappa shape index (κ1) is 12.7. The van der Waals surface area contributed by atoms with Gasteiger partial charge in [-0.2, -0.15) is 0 Å². The molecule has 0 aliphatic carbocycles. The average molecular weight is 220 g/mol. The van der Waals surface area contributed by atoms with Gasteiger partial charge in [-0.1, -0.05) is 29.8 Å². The molecule has 16 heavy (non-hydrogen) atoms. The molecule has 0 fully saturated rings. The third-order valence-corrected chi connectivity index (χ3v) is 2.52. The number of hydrogen-bond acceptors (Lipinski definition) is 2. The fourth-order valence-electron chi connectivity index (χ4n) is 1.62. The molecule has 2 N–H and O–H groups in total. The molecule has 0 saturated heterocycles. The zero-order chi connectivity index (χ0) is 12.0. The SMILES string of the molecule is Cc1cccc(CN(C)C(=O)CCCN)c1. The zero-order valence-electron chi connectivity index (χ0n) is 10.1. The Balaban J connectivity index is 2.50. The Kier molecular flexibility index (Phi) is 4.99. The van der Waals surface area contributed by atoms with Crippen molar-refractivity contribution in [3.05, 3.63) is 35.4 Å². The van der Waals surface area contributed by atoms with E-state index in [0.717, 1.165) is 6.42 Å². The lowest BCUT2D eigenvalue weighted by Crippen LogP contribution is -2.26. The maximum atomic E-state index is 11.7. The van der Waals surface area contributed by atoms with Gasteiger partial charge in [-0.05, 0) is 25.5 Å². The van der Waals surface area contributed by atoms with Crippen LogP contribution in [0.15, 0.2) is 24.3 Å². The first-order chi connectivity index (χ1) is 7.63. The van der Waals surface area contributed by atoms with Gasteiger partial charge in [0.15, 0.2) is 0 Å². The van der Waals surface area contributed by atoms with Gasteiger partial charge in [0.25, 0.3) is 0 Å². The summed E-state index contributed by atoms with van der Waals surface area (Å²) in [6, 6.07) is 8.22. The number of hydrogen-bond donors (Lipinski definition) is 1. The minimum absolute atomic E-state index is 0.159. The highest BCUT2D eigenvalue weighted by atomic mass is 16.2. The fourth-order valence-corrected chi connectivity index (χ4v) is 1.62. The Morgan fingerprint density at radius 2 is 2.19 bits per heavy atom. The number of nitrogens with zero attached hydrogens (tertiary/aromatic N) is 1. The standard InChI is InChI=1S/C13H20N2O/c1-11-5-3-6-12(9-11)10-15(2)13(16)7-4-8-14/h3,5-6,9H,4,7-8,10,14H2,1-2H3. The van der Waals surface area contributed by atoms with Crippen LogP contribution in [0, 0.1) is 6.92 Å². The minimum atomic E-state index is 0.159. The second-order valence-electron chi connectivity index (χ2n) is 4.13. The minimum Gasteiger partial charge on any atom is -0.341 e. The van der Waals surface area contributed by atoms with Crippen molar-refractivity contribution in [2.75, 3.05) is 13.6 Å². The summed E-state index contributed by atoms with van der Waals surface area (Å²) >= 11 is 0. The summed E-state index contributed by atoms with van der Waals surface area (Å²) in [5.74, 6) is 0.159. The molecule has 0 spiro atoms. The summed E-state index contributed by atoms with van der Waals surface area (Å²) in [6.07, 6.45) is 1.30. The van der Waals surface area contributed by atoms with Crippen LogP contribution in [0.25, 0.3) is 0 Å². The number of aryl methyl sites for hydroxylation is 1. The molecular formula is C13H20N2O. The maximum Gasteiger partial charge on any atom is 0.222 e. The first-order valence-electron chi connectivity index (χ1n) is 5.63. The second kappa shape index (κ2) is 6.28. The molecular weight excluding hydrogens is 200 g/mol. The number of carbonyl (C=O) groups is 1. The molecule has 0 radical (unpaired) electrons. The highest BCUT2D eigenvalue weighted by Gasteiger charge is 2.08. The first-order valence-corrected chi connectivity index (χ1v) is 5.63. The molecule has 0 saturated carbocycles. The molecule has 0 atom stereocenters. The highest BCUT2D eigenvalue weighted by molar-refractivity contribution is 5.75.